The van der Waals surface area contributed by atoms with Crippen molar-refractivity contribution in [1.82, 2.24) is 0 Å². The van der Waals surface area contributed by atoms with Crippen molar-refractivity contribution in [3.63, 3.8) is 0 Å². The molecule has 1 unspecified atom stereocenters. The van der Waals surface area contributed by atoms with E-state index in [2.05, 4.69) is 15.9 Å². The van der Waals surface area contributed by atoms with Gasteiger partial charge in [-0.3, -0.25) is 0 Å². The first-order valence-corrected chi connectivity index (χ1v) is 9.68. The molecule has 0 aliphatic rings. The first kappa shape index (κ1) is 27.2. The number of hydrogen-bond acceptors (Lipinski definition) is 2. The third-order valence-corrected chi connectivity index (χ3v) is 5.96. The van der Waals surface area contributed by atoms with Gasteiger partial charge in [-0.2, -0.15) is 53.6 Å². The van der Waals surface area contributed by atoms with Gasteiger partial charge in [-0.05, 0) is 57.0 Å². The summed E-state index contributed by atoms with van der Waals surface area (Å²) in [4.78, 5) is -1.88. The van der Waals surface area contributed by atoms with Crippen LogP contribution in [0.3, 0.4) is 0 Å². The molecule has 0 N–H and O–H groups in total. The van der Waals surface area contributed by atoms with E-state index >= 15 is 4.39 Å². The summed E-state index contributed by atoms with van der Waals surface area (Å²) in [6, 6.07) is 5.98. The highest BCUT2D eigenvalue weighted by molar-refractivity contribution is 9.10. The molecule has 0 fully saturated rings. The Kier molecular flexibility index (Phi) is 7.09. The second-order valence-corrected chi connectivity index (χ2v) is 8.19. The van der Waals surface area contributed by atoms with Crippen molar-refractivity contribution in [3.8, 4) is 17.2 Å². The molecule has 2 aromatic rings. The Morgan fingerprint density at radius 1 is 0.727 bits per heavy atom. The Morgan fingerprint density at radius 3 is 1.64 bits per heavy atom. The molecule has 1 atom stereocenters. The maximum atomic E-state index is 15.4. The molecule has 0 aliphatic carbocycles. The standard InChI is InChI=1S/C18H6BrF12NS/c19-11-6-5-10(9-3-1-8(7-32)2-4-9)12(13(11)33-18(29,30)31)14(20,16(23,24)25)15(21,22)17(26,27)28/h1-6H. The van der Waals surface area contributed by atoms with Gasteiger partial charge in [0.1, 0.15) is 0 Å². The van der Waals surface area contributed by atoms with Crippen molar-refractivity contribution in [1.29, 1.82) is 5.26 Å². The van der Waals surface area contributed by atoms with Crippen LogP contribution in [0.4, 0.5) is 52.7 Å². The number of alkyl halides is 12. The quantitative estimate of drug-likeness (QED) is 0.269. The minimum atomic E-state index is -7.19. The average Bonchev–Trinajstić information content (AvgIpc) is 2.66. The van der Waals surface area contributed by atoms with Crippen LogP contribution in [0.5, 0.6) is 0 Å². The molecule has 0 saturated heterocycles. The summed E-state index contributed by atoms with van der Waals surface area (Å²) in [5, 5.41) is 8.78. The highest BCUT2D eigenvalue weighted by atomic mass is 79.9. The molecule has 33 heavy (non-hydrogen) atoms. The smallest absolute Gasteiger partial charge is 0.221 e. The van der Waals surface area contributed by atoms with Crippen molar-refractivity contribution in [3.05, 3.63) is 52.0 Å². The van der Waals surface area contributed by atoms with Gasteiger partial charge in [0.05, 0.1) is 11.6 Å². The van der Waals surface area contributed by atoms with Crippen LogP contribution in [0.1, 0.15) is 11.1 Å². The number of halogens is 13. The van der Waals surface area contributed by atoms with Crippen LogP contribution in [-0.2, 0) is 5.67 Å². The molecule has 1 nitrogen and oxygen atoms in total. The van der Waals surface area contributed by atoms with E-state index in [1.165, 1.54) is 0 Å². The molecular weight excluding hydrogens is 570 g/mol. The van der Waals surface area contributed by atoms with E-state index < -0.39 is 67.3 Å². The van der Waals surface area contributed by atoms with Gasteiger partial charge < -0.3 is 0 Å². The van der Waals surface area contributed by atoms with Gasteiger partial charge in [0.2, 0.25) is 0 Å². The zero-order valence-corrected chi connectivity index (χ0v) is 17.6. The van der Waals surface area contributed by atoms with Gasteiger partial charge >= 0.3 is 29.5 Å². The Morgan fingerprint density at radius 2 is 1.24 bits per heavy atom. The lowest BCUT2D eigenvalue weighted by Crippen LogP contribution is -2.60. The van der Waals surface area contributed by atoms with Crippen molar-refractivity contribution in [2.24, 2.45) is 0 Å². The molecular formula is C18H6BrF12NS. The number of rotatable bonds is 4. The molecule has 180 valence electrons. The van der Waals surface area contributed by atoms with Gasteiger partial charge in [-0.25, -0.2) is 4.39 Å². The Labute approximate surface area is 189 Å². The van der Waals surface area contributed by atoms with E-state index in [9.17, 15) is 48.3 Å². The fourth-order valence-corrected chi connectivity index (χ4v) is 4.07. The normalized spacial score (nSPS) is 15.2. The summed E-state index contributed by atoms with van der Waals surface area (Å²) in [6.45, 7) is 0. The molecule has 2 rings (SSSR count). The lowest BCUT2D eigenvalue weighted by Gasteiger charge is -2.38. The third-order valence-electron chi connectivity index (χ3n) is 4.18. The summed E-state index contributed by atoms with van der Waals surface area (Å²) in [5.41, 5.74) is -16.8. The lowest BCUT2D eigenvalue weighted by molar-refractivity contribution is -0.389. The Hall–Kier alpha value is -2.08. The minimum Gasteiger partial charge on any atom is -0.221 e. The number of benzene rings is 2. The van der Waals surface area contributed by atoms with Crippen LogP contribution in [0.15, 0.2) is 45.8 Å². The topological polar surface area (TPSA) is 23.8 Å². The predicted molar refractivity (Wildman–Crippen MR) is 96.0 cm³/mol. The maximum Gasteiger partial charge on any atom is 0.457 e. The molecule has 0 aromatic heterocycles. The second-order valence-electron chi connectivity index (χ2n) is 6.26. The van der Waals surface area contributed by atoms with E-state index in [0.717, 1.165) is 24.3 Å². The zero-order valence-electron chi connectivity index (χ0n) is 15.2. The van der Waals surface area contributed by atoms with Gasteiger partial charge in [0.25, 0.3) is 0 Å². The first-order chi connectivity index (χ1) is 14.8. The van der Waals surface area contributed by atoms with Crippen molar-refractivity contribution < 1.29 is 52.7 Å². The summed E-state index contributed by atoms with van der Waals surface area (Å²) in [7, 11) is 0. The van der Waals surface area contributed by atoms with Crippen LogP contribution < -0.4 is 0 Å². The van der Waals surface area contributed by atoms with E-state index in [-0.39, 0.29) is 5.56 Å². The Bertz CT molecular complexity index is 1070. The molecule has 0 saturated carbocycles. The number of nitrogens with zero attached hydrogens (tertiary/aromatic N) is 1. The highest BCUT2D eigenvalue weighted by Gasteiger charge is 2.82. The van der Waals surface area contributed by atoms with Crippen LogP contribution in [0.2, 0.25) is 0 Å². The van der Waals surface area contributed by atoms with Crippen LogP contribution in [0, 0.1) is 11.3 Å². The minimum absolute atomic E-state index is 0.134. The van der Waals surface area contributed by atoms with Gasteiger partial charge in [0.15, 0.2) is 0 Å². The lowest BCUT2D eigenvalue weighted by atomic mass is 9.82. The summed E-state index contributed by atoms with van der Waals surface area (Å²) >= 11 is 0.882. The molecule has 0 bridgehead atoms. The van der Waals surface area contributed by atoms with E-state index in [1.807, 2.05) is 0 Å². The van der Waals surface area contributed by atoms with Crippen LogP contribution >= 0.6 is 27.7 Å². The highest BCUT2D eigenvalue weighted by Crippen LogP contribution is 2.62. The van der Waals surface area contributed by atoms with Crippen molar-refractivity contribution in [2.45, 2.75) is 34.3 Å². The predicted octanol–water partition coefficient (Wildman–Crippen LogP) is 8.52. The number of nitriles is 1. The van der Waals surface area contributed by atoms with Crippen molar-refractivity contribution in [2.75, 3.05) is 0 Å². The van der Waals surface area contributed by atoms with Crippen LogP contribution in [-0.4, -0.2) is 23.8 Å². The molecule has 0 aliphatic heterocycles. The van der Waals surface area contributed by atoms with Gasteiger partial charge in [-0.1, -0.05) is 18.2 Å². The largest absolute Gasteiger partial charge is 0.457 e. The molecule has 0 amide bonds. The SMILES string of the molecule is N#Cc1ccc(-c2ccc(Br)c(SC(F)(F)F)c2C(F)(C(F)(F)F)C(F)(F)C(F)(F)F)cc1. The number of thioether (sulfide) groups is 1. The Balaban J connectivity index is 3.11. The van der Waals surface area contributed by atoms with Gasteiger partial charge in [0, 0.05) is 14.9 Å². The molecule has 0 spiro atoms. The fraction of sp³-hybridized carbons (Fsp3) is 0.278. The monoisotopic (exact) mass is 575 g/mol. The van der Waals surface area contributed by atoms with E-state index in [0.29, 0.717) is 12.1 Å². The molecule has 0 radical (unpaired) electrons. The summed E-state index contributed by atoms with van der Waals surface area (Å²) in [5.74, 6) is -7.19. The molecule has 0 heterocycles. The summed E-state index contributed by atoms with van der Waals surface area (Å²) < 4.78 is 162. The summed E-state index contributed by atoms with van der Waals surface area (Å²) in [6.07, 6.45) is -14.2. The zero-order chi connectivity index (χ0) is 25.6. The second kappa shape index (κ2) is 8.61. The fourth-order valence-electron chi connectivity index (χ4n) is 2.75. The average molecular weight is 576 g/mol. The van der Waals surface area contributed by atoms with E-state index in [1.54, 1.807) is 6.07 Å². The molecule has 15 heteroatoms. The van der Waals surface area contributed by atoms with E-state index in [4.69, 9.17) is 5.26 Å². The third kappa shape index (κ3) is 4.91. The van der Waals surface area contributed by atoms with Crippen LogP contribution in [0.25, 0.3) is 11.1 Å². The molecule has 2 aromatic carbocycles. The van der Waals surface area contributed by atoms with Gasteiger partial charge in [-0.15, -0.1) is 0 Å². The first-order valence-electron chi connectivity index (χ1n) is 8.07. The van der Waals surface area contributed by atoms with Crippen molar-refractivity contribution >= 4 is 27.7 Å². The maximum absolute atomic E-state index is 15.4. The number of hydrogen-bond donors (Lipinski definition) is 0.